The van der Waals surface area contributed by atoms with E-state index in [2.05, 4.69) is 32.6 Å². The van der Waals surface area contributed by atoms with Crippen LogP contribution in [0, 0.1) is 17.2 Å². The van der Waals surface area contributed by atoms with Crippen molar-refractivity contribution >= 4 is 5.97 Å². The maximum atomic E-state index is 15.8. The number of aliphatic hydroxyl groups is 2. The van der Waals surface area contributed by atoms with E-state index < -0.39 is 11.4 Å². The summed E-state index contributed by atoms with van der Waals surface area (Å²) in [5, 5.41) is 19.9. The minimum Gasteiger partial charge on any atom is -0.493 e. The number of aryl methyl sites for hydroxylation is 1. The first-order valence-corrected chi connectivity index (χ1v) is 18.4. The highest BCUT2D eigenvalue weighted by atomic mass is 19.1. The average molecular weight is 673 g/mol. The van der Waals surface area contributed by atoms with Gasteiger partial charge in [-0.25, -0.2) is 9.18 Å². The molecule has 0 saturated heterocycles. The molecule has 0 heterocycles. The molecule has 0 aliphatic heterocycles. The lowest BCUT2D eigenvalue weighted by Gasteiger charge is -2.29. The topological polar surface area (TPSA) is 76.0 Å². The predicted molar refractivity (Wildman–Crippen MR) is 197 cm³/mol. The number of ether oxygens (including phenoxy) is 2. The lowest BCUT2D eigenvalue weighted by atomic mass is 9.77. The molecule has 5 nitrogen and oxygen atoms in total. The van der Waals surface area contributed by atoms with E-state index >= 15 is 4.39 Å². The summed E-state index contributed by atoms with van der Waals surface area (Å²) in [4.78, 5) is 12.0. The second-order valence-electron chi connectivity index (χ2n) is 14.1. The van der Waals surface area contributed by atoms with E-state index in [9.17, 15) is 15.0 Å². The summed E-state index contributed by atoms with van der Waals surface area (Å²) in [6.07, 6.45) is 11.8. The van der Waals surface area contributed by atoms with E-state index in [4.69, 9.17) is 9.47 Å². The summed E-state index contributed by atoms with van der Waals surface area (Å²) in [6, 6.07) is 18.0. The molecule has 0 atom stereocenters. The standard InChI is InChI=1S/C43H57FO5/c1-6-9-10-11-31-12-14-33(15-13-31)36-17-20-39(40(44)26-36)38-19-16-34(24-32(38)7-2)35-18-21-41(49-29-43(8-3,27-45)28-46)37(25-35)22-23-48-42(47)30(4)5/h16-21,24-26,31,33,45-46H,4,6-15,22-23,27-29H2,1-3,5H3. The Hall–Kier alpha value is -3.48. The first kappa shape index (κ1) is 38.3. The molecule has 2 N–H and O–H groups in total. The van der Waals surface area contributed by atoms with E-state index in [1.165, 1.54) is 38.5 Å². The SMILES string of the molecule is C=C(C)C(=O)OCCc1cc(-c2ccc(-c3ccc(C4CCC(CCCCC)CC4)cc3F)c(CC)c2)ccc1OCC(CC)(CO)CO. The molecule has 4 rings (SSSR count). The van der Waals surface area contributed by atoms with Gasteiger partial charge in [0.2, 0.25) is 0 Å². The van der Waals surface area contributed by atoms with Crippen molar-refractivity contribution < 1.29 is 28.9 Å². The molecule has 0 spiro atoms. The summed E-state index contributed by atoms with van der Waals surface area (Å²) in [5.74, 6) is 1.27. The Balaban J connectivity index is 1.55. The maximum absolute atomic E-state index is 15.8. The molecule has 0 amide bonds. The highest BCUT2D eigenvalue weighted by Gasteiger charge is 2.28. The summed E-state index contributed by atoms with van der Waals surface area (Å²) in [5.41, 5.74) is 6.11. The number of carbonyl (C=O) groups is 1. The van der Waals surface area contributed by atoms with Crippen LogP contribution in [0.2, 0.25) is 0 Å². The maximum Gasteiger partial charge on any atom is 0.333 e. The summed E-state index contributed by atoms with van der Waals surface area (Å²) >= 11 is 0. The average Bonchev–Trinajstić information content (AvgIpc) is 3.13. The zero-order chi connectivity index (χ0) is 35.4. The van der Waals surface area contributed by atoms with Gasteiger partial charge < -0.3 is 19.7 Å². The highest BCUT2D eigenvalue weighted by Crippen LogP contribution is 2.40. The Labute approximate surface area is 293 Å². The normalized spacial score (nSPS) is 16.4. The Bertz CT molecular complexity index is 1520. The van der Waals surface area contributed by atoms with E-state index in [-0.39, 0.29) is 32.2 Å². The van der Waals surface area contributed by atoms with Gasteiger partial charge in [-0.1, -0.05) is 89.4 Å². The third kappa shape index (κ3) is 10.0. The van der Waals surface area contributed by atoms with Crippen LogP contribution in [-0.4, -0.2) is 42.6 Å². The molecule has 1 aliphatic rings. The van der Waals surface area contributed by atoms with Gasteiger partial charge in [0.15, 0.2) is 0 Å². The van der Waals surface area contributed by atoms with E-state index in [1.807, 2.05) is 43.3 Å². The quantitative estimate of drug-likeness (QED) is 0.0799. The minimum absolute atomic E-state index is 0.147. The largest absolute Gasteiger partial charge is 0.493 e. The third-order valence-corrected chi connectivity index (χ3v) is 10.6. The van der Waals surface area contributed by atoms with Crippen LogP contribution in [0.5, 0.6) is 5.75 Å². The highest BCUT2D eigenvalue weighted by molar-refractivity contribution is 5.86. The number of unbranched alkanes of at least 4 members (excludes halogenated alkanes) is 2. The number of halogens is 1. The Kier molecular flexibility index (Phi) is 14.5. The zero-order valence-corrected chi connectivity index (χ0v) is 30.2. The summed E-state index contributed by atoms with van der Waals surface area (Å²) < 4.78 is 27.3. The molecule has 3 aromatic rings. The molecule has 0 unspecified atom stereocenters. The van der Waals surface area contributed by atoms with Gasteiger partial charge in [0, 0.05) is 17.6 Å². The van der Waals surface area contributed by atoms with Crippen LogP contribution in [0.4, 0.5) is 4.39 Å². The van der Waals surface area contributed by atoms with Crippen molar-refractivity contribution in [1.29, 1.82) is 0 Å². The first-order valence-electron chi connectivity index (χ1n) is 18.4. The first-order chi connectivity index (χ1) is 23.7. The minimum atomic E-state index is -0.755. The molecular formula is C43H57FO5. The lowest BCUT2D eigenvalue weighted by molar-refractivity contribution is -0.138. The van der Waals surface area contributed by atoms with Crippen LogP contribution in [0.3, 0.4) is 0 Å². The monoisotopic (exact) mass is 672 g/mol. The number of hydrogen-bond donors (Lipinski definition) is 2. The van der Waals surface area contributed by atoms with Crippen molar-refractivity contribution in [1.82, 2.24) is 0 Å². The molecule has 6 heteroatoms. The molecular weight excluding hydrogens is 615 g/mol. The van der Waals surface area contributed by atoms with E-state index in [0.29, 0.717) is 35.6 Å². The number of aliphatic hydroxyl groups excluding tert-OH is 2. The summed E-state index contributed by atoms with van der Waals surface area (Å²) in [6.45, 7) is 11.4. The van der Waals surface area contributed by atoms with Gasteiger partial charge in [0.05, 0.1) is 31.8 Å². The van der Waals surface area contributed by atoms with Crippen molar-refractivity contribution in [3.05, 3.63) is 89.3 Å². The van der Waals surface area contributed by atoms with Gasteiger partial charge in [-0.05, 0) is 109 Å². The third-order valence-electron chi connectivity index (χ3n) is 10.6. The van der Waals surface area contributed by atoms with Crippen molar-refractivity contribution in [2.75, 3.05) is 26.4 Å². The Morgan fingerprint density at radius 2 is 1.57 bits per heavy atom. The molecule has 0 bridgehead atoms. The molecule has 0 radical (unpaired) electrons. The molecule has 1 aliphatic carbocycles. The fourth-order valence-corrected chi connectivity index (χ4v) is 6.97. The smallest absolute Gasteiger partial charge is 0.333 e. The van der Waals surface area contributed by atoms with Crippen LogP contribution in [-0.2, 0) is 22.4 Å². The number of hydrogen-bond acceptors (Lipinski definition) is 5. The van der Waals surface area contributed by atoms with Crippen molar-refractivity contribution in [3.63, 3.8) is 0 Å². The van der Waals surface area contributed by atoms with E-state index in [0.717, 1.165) is 58.6 Å². The van der Waals surface area contributed by atoms with Crippen molar-refractivity contribution in [2.24, 2.45) is 11.3 Å². The van der Waals surface area contributed by atoms with E-state index in [1.54, 1.807) is 13.0 Å². The molecule has 0 aromatic heterocycles. The molecule has 1 fully saturated rings. The van der Waals surface area contributed by atoms with Crippen molar-refractivity contribution in [2.45, 2.75) is 104 Å². The molecule has 1 saturated carbocycles. The Morgan fingerprint density at radius 1 is 0.898 bits per heavy atom. The fourth-order valence-electron chi connectivity index (χ4n) is 6.97. The lowest BCUT2D eigenvalue weighted by Crippen LogP contribution is -2.35. The molecule has 266 valence electrons. The number of rotatable bonds is 18. The molecule has 49 heavy (non-hydrogen) atoms. The van der Waals surface area contributed by atoms with Crippen molar-refractivity contribution in [3.8, 4) is 28.0 Å². The number of benzene rings is 3. The zero-order valence-electron chi connectivity index (χ0n) is 30.2. The Morgan fingerprint density at radius 3 is 2.18 bits per heavy atom. The van der Waals surface area contributed by atoms with Crippen LogP contribution in [0.25, 0.3) is 22.3 Å². The second kappa shape index (κ2) is 18.5. The second-order valence-corrected chi connectivity index (χ2v) is 14.1. The molecule has 3 aromatic carbocycles. The van der Waals surface area contributed by atoms with Gasteiger partial charge in [0.25, 0.3) is 0 Å². The van der Waals surface area contributed by atoms with Crippen LogP contribution >= 0.6 is 0 Å². The predicted octanol–water partition coefficient (Wildman–Crippen LogP) is 10.00. The summed E-state index contributed by atoms with van der Waals surface area (Å²) in [7, 11) is 0. The number of esters is 1. The van der Waals surface area contributed by atoms with Gasteiger partial charge in [0.1, 0.15) is 11.6 Å². The van der Waals surface area contributed by atoms with Gasteiger partial charge in [-0.2, -0.15) is 0 Å². The fraction of sp³-hybridized carbons (Fsp3) is 0.512. The van der Waals surface area contributed by atoms with Crippen LogP contribution in [0.15, 0.2) is 66.7 Å². The van der Waals surface area contributed by atoms with Crippen LogP contribution < -0.4 is 4.74 Å². The van der Waals surface area contributed by atoms with Crippen LogP contribution in [0.1, 0.15) is 108 Å². The van der Waals surface area contributed by atoms with Gasteiger partial charge >= 0.3 is 5.97 Å². The van der Waals surface area contributed by atoms with Gasteiger partial charge in [-0.15, -0.1) is 0 Å². The van der Waals surface area contributed by atoms with Gasteiger partial charge in [-0.3, -0.25) is 0 Å². The number of carbonyl (C=O) groups excluding carboxylic acids is 1.